The first-order valence-electron chi connectivity index (χ1n) is 2.55. The molecule has 0 aliphatic heterocycles. The van der Waals surface area contributed by atoms with E-state index in [1.54, 1.807) is 0 Å². The summed E-state index contributed by atoms with van der Waals surface area (Å²) in [5.41, 5.74) is 0. The van der Waals surface area contributed by atoms with Gasteiger partial charge in [0.05, 0.1) is 0 Å². The summed E-state index contributed by atoms with van der Waals surface area (Å²) in [6.45, 7) is 6.54. The van der Waals surface area contributed by atoms with Gasteiger partial charge in [-0.3, -0.25) is 0 Å². The largest absolute Gasteiger partial charge is 0.331 e. The van der Waals surface area contributed by atoms with Crippen LogP contribution in [0.1, 0.15) is 27.2 Å². The van der Waals surface area contributed by atoms with E-state index in [4.69, 9.17) is 0 Å². The van der Waals surface area contributed by atoms with Crippen molar-refractivity contribution < 1.29 is 32.7 Å². The summed E-state index contributed by atoms with van der Waals surface area (Å²) < 4.78 is 0. The molecule has 0 aliphatic carbocycles. The van der Waals surface area contributed by atoms with Gasteiger partial charge in [0.15, 0.2) is 0 Å². The molecule has 7 heavy (non-hydrogen) atoms. The van der Waals surface area contributed by atoms with E-state index in [-0.39, 0.29) is 32.7 Å². The fraction of sp³-hybridized carbons (Fsp3) is 0.833. The normalized spacial score (nSPS) is 8.57. The molecular formula is C6H13Y-. The molecule has 0 fully saturated rings. The maximum atomic E-state index is 2.22. The number of hydrogen-bond donors (Lipinski definition) is 0. The molecule has 0 spiro atoms. The maximum absolute atomic E-state index is 2.22. The Bertz CT molecular complexity index is 25.4. The molecule has 0 aromatic rings. The van der Waals surface area contributed by atoms with Crippen LogP contribution in [0.4, 0.5) is 0 Å². The Morgan fingerprint density at radius 2 is 1.86 bits per heavy atom. The monoisotopic (exact) mass is 174 g/mol. The molecule has 1 heteroatoms. The first-order valence-corrected chi connectivity index (χ1v) is 2.55. The molecule has 0 aliphatic rings. The topological polar surface area (TPSA) is 0 Å². The second-order valence-corrected chi connectivity index (χ2v) is 2.04. The van der Waals surface area contributed by atoms with Gasteiger partial charge < -0.3 is 6.42 Å². The third kappa shape index (κ3) is 11.0. The Morgan fingerprint density at radius 3 is 1.86 bits per heavy atom. The fourth-order valence-electron chi connectivity index (χ4n) is 0.471. The Labute approximate surface area is 71.9 Å². The predicted octanol–water partition coefficient (Wildman–Crippen LogP) is 2.25. The van der Waals surface area contributed by atoms with Gasteiger partial charge in [0.2, 0.25) is 0 Å². The van der Waals surface area contributed by atoms with Crippen molar-refractivity contribution in [3.8, 4) is 0 Å². The molecule has 0 rings (SSSR count). The zero-order valence-electron chi connectivity index (χ0n) is 5.44. The van der Waals surface area contributed by atoms with Crippen LogP contribution in [0.3, 0.4) is 0 Å². The third-order valence-electron chi connectivity index (χ3n) is 0.707. The maximum Gasteiger partial charge on any atom is 0 e. The first kappa shape index (κ1) is 11.0. The van der Waals surface area contributed by atoms with Crippen molar-refractivity contribution in [3.63, 3.8) is 0 Å². The van der Waals surface area contributed by atoms with E-state index in [0.29, 0.717) is 0 Å². The third-order valence-corrected chi connectivity index (χ3v) is 0.707. The van der Waals surface area contributed by atoms with Crippen molar-refractivity contribution in [1.82, 2.24) is 0 Å². The second-order valence-electron chi connectivity index (χ2n) is 2.04. The summed E-state index contributed by atoms with van der Waals surface area (Å²) in [6, 6.07) is 0. The van der Waals surface area contributed by atoms with Gasteiger partial charge in [-0.15, -0.1) is 0 Å². The molecule has 0 aromatic heterocycles. The average Bonchev–Trinajstić information content (AvgIpc) is 1.35. The molecule has 0 bridgehead atoms. The van der Waals surface area contributed by atoms with Crippen molar-refractivity contribution >= 4 is 0 Å². The van der Waals surface area contributed by atoms with E-state index < -0.39 is 0 Å². The summed E-state index contributed by atoms with van der Waals surface area (Å²) in [5, 5.41) is 0. The van der Waals surface area contributed by atoms with Gasteiger partial charge in [-0.05, 0) is 0 Å². The Balaban J connectivity index is 0. The van der Waals surface area contributed by atoms with Crippen LogP contribution in [0.5, 0.6) is 0 Å². The summed E-state index contributed by atoms with van der Waals surface area (Å²) >= 11 is 0. The fourth-order valence-corrected chi connectivity index (χ4v) is 0.471. The molecule has 0 aromatic carbocycles. The van der Waals surface area contributed by atoms with Gasteiger partial charge >= 0.3 is 0 Å². The van der Waals surface area contributed by atoms with E-state index in [9.17, 15) is 0 Å². The van der Waals surface area contributed by atoms with Crippen molar-refractivity contribution in [2.75, 3.05) is 0 Å². The minimum Gasteiger partial charge on any atom is -0.331 e. The van der Waals surface area contributed by atoms with Crippen LogP contribution in [0.2, 0.25) is 0 Å². The quantitative estimate of drug-likeness (QED) is 0.563. The second kappa shape index (κ2) is 7.10. The molecule has 0 nitrogen and oxygen atoms in total. The minimum atomic E-state index is 0. The standard InChI is InChI=1S/C6H13.Y/c1-4-5-6(2)3;/h4,6H,5H2,1-3H3;/q-1;. The molecule has 0 saturated heterocycles. The van der Waals surface area contributed by atoms with Gasteiger partial charge in [0.1, 0.15) is 0 Å². The van der Waals surface area contributed by atoms with Gasteiger partial charge in [0, 0.05) is 32.7 Å². The molecule has 1 radical (unpaired) electrons. The van der Waals surface area contributed by atoms with Crippen molar-refractivity contribution in [2.45, 2.75) is 27.2 Å². The van der Waals surface area contributed by atoms with Crippen LogP contribution in [0.15, 0.2) is 0 Å². The number of rotatable bonds is 2. The first-order chi connectivity index (χ1) is 2.77. The molecule has 0 saturated carbocycles. The summed E-state index contributed by atoms with van der Waals surface area (Å²) in [7, 11) is 0. The SMILES string of the molecule is C[CH-]CC(C)C.[Y]. The van der Waals surface area contributed by atoms with Crippen LogP contribution in [-0.4, -0.2) is 0 Å². The molecule has 0 atom stereocenters. The Kier molecular flexibility index (Phi) is 11.1. The predicted molar refractivity (Wildman–Crippen MR) is 29.4 cm³/mol. The average molecular weight is 174 g/mol. The smallest absolute Gasteiger partial charge is 0 e. The van der Waals surface area contributed by atoms with Crippen LogP contribution >= 0.6 is 0 Å². The summed E-state index contributed by atoms with van der Waals surface area (Å²) in [4.78, 5) is 0. The van der Waals surface area contributed by atoms with Crippen LogP contribution in [-0.2, 0) is 32.7 Å². The van der Waals surface area contributed by atoms with E-state index in [2.05, 4.69) is 27.2 Å². The van der Waals surface area contributed by atoms with E-state index in [0.717, 1.165) is 5.92 Å². The van der Waals surface area contributed by atoms with Gasteiger partial charge in [-0.1, -0.05) is 19.8 Å². The number of hydrogen-bond acceptors (Lipinski definition) is 0. The molecule has 0 amide bonds. The Morgan fingerprint density at radius 1 is 1.43 bits per heavy atom. The summed E-state index contributed by atoms with van der Waals surface area (Å²) in [6.07, 6.45) is 3.45. The Hall–Kier alpha value is 1.10. The molecular weight excluding hydrogens is 161 g/mol. The summed E-state index contributed by atoms with van der Waals surface area (Å²) in [5.74, 6) is 0.843. The van der Waals surface area contributed by atoms with Gasteiger partial charge in [-0.25, -0.2) is 0 Å². The van der Waals surface area contributed by atoms with Crippen LogP contribution in [0.25, 0.3) is 0 Å². The van der Waals surface area contributed by atoms with Gasteiger partial charge in [0.25, 0.3) is 0 Å². The molecule has 0 N–H and O–H groups in total. The van der Waals surface area contributed by atoms with Crippen molar-refractivity contribution in [1.29, 1.82) is 0 Å². The zero-order chi connectivity index (χ0) is 4.99. The molecule has 0 heterocycles. The minimum absolute atomic E-state index is 0. The van der Waals surface area contributed by atoms with Crippen molar-refractivity contribution in [2.24, 2.45) is 5.92 Å². The van der Waals surface area contributed by atoms with E-state index in [1.807, 2.05) is 0 Å². The van der Waals surface area contributed by atoms with E-state index in [1.165, 1.54) is 6.42 Å². The van der Waals surface area contributed by atoms with Crippen LogP contribution in [0, 0.1) is 12.3 Å². The van der Waals surface area contributed by atoms with E-state index >= 15 is 0 Å². The molecule has 41 valence electrons. The van der Waals surface area contributed by atoms with Gasteiger partial charge in [-0.2, -0.15) is 13.3 Å². The van der Waals surface area contributed by atoms with Crippen LogP contribution < -0.4 is 0 Å². The molecule has 0 unspecified atom stereocenters. The zero-order valence-corrected chi connectivity index (χ0v) is 8.28. The van der Waals surface area contributed by atoms with Crippen molar-refractivity contribution in [3.05, 3.63) is 6.42 Å².